The summed E-state index contributed by atoms with van der Waals surface area (Å²) in [5.74, 6) is -0.308. The number of benzene rings is 6. The largest absolute Gasteiger partial charge is 0.492 e. The molecule has 16 rings (SSSR count). The highest BCUT2D eigenvalue weighted by atomic mass is 19.4. The number of nitrogens with zero attached hydrogens (tertiary/aromatic N) is 8. The van der Waals surface area contributed by atoms with Gasteiger partial charge in [-0.2, -0.15) is 29.0 Å². The lowest BCUT2D eigenvalue weighted by Crippen LogP contribution is -2.32. The first-order chi connectivity index (χ1) is 54.3. The van der Waals surface area contributed by atoms with Gasteiger partial charge in [-0.05, 0) is 181 Å². The van der Waals surface area contributed by atoms with E-state index in [1.54, 1.807) is 73.6 Å². The van der Waals surface area contributed by atoms with Crippen molar-refractivity contribution in [1.29, 1.82) is 15.8 Å². The number of aliphatic hydroxyl groups is 2. The molecule has 21 nitrogen and oxygen atoms in total. The summed E-state index contributed by atoms with van der Waals surface area (Å²) in [5.41, 5.74) is 11.9. The van der Waals surface area contributed by atoms with Crippen molar-refractivity contribution in [1.82, 2.24) is 39.7 Å². The van der Waals surface area contributed by atoms with Crippen LogP contribution in [0.15, 0.2) is 176 Å². The molecule has 4 saturated heterocycles. The smallest absolute Gasteiger partial charge is 0.454 e. The zero-order chi connectivity index (χ0) is 78.0. The van der Waals surface area contributed by atoms with E-state index in [0.717, 1.165) is 130 Å². The maximum atomic E-state index is 15.2. The van der Waals surface area contributed by atoms with Crippen molar-refractivity contribution in [3.63, 3.8) is 0 Å². The second kappa shape index (κ2) is 33.9. The fourth-order valence-corrected chi connectivity index (χ4v) is 14.3. The third-order valence-electron chi connectivity index (χ3n) is 20.4. The molecule has 0 bridgehead atoms. The molecule has 6 aromatic heterocycles. The number of ketones is 1. The van der Waals surface area contributed by atoms with Crippen LogP contribution < -0.4 is 18.9 Å². The first kappa shape index (κ1) is 76.5. The van der Waals surface area contributed by atoms with Crippen molar-refractivity contribution in [2.24, 2.45) is 0 Å². The van der Waals surface area contributed by atoms with Crippen molar-refractivity contribution >= 4 is 44.8 Å². The summed E-state index contributed by atoms with van der Waals surface area (Å²) in [7, 11) is 0. The molecule has 1 amide bonds. The highest BCUT2D eigenvalue weighted by Crippen LogP contribution is 2.40. The second-order valence-electron chi connectivity index (χ2n) is 28.4. The molecule has 4 fully saturated rings. The van der Waals surface area contributed by atoms with E-state index in [-0.39, 0.29) is 24.2 Å². The number of Topliss-reactive ketones (excluding diaryl/α,β-unsaturated/α-hetero) is 1. The van der Waals surface area contributed by atoms with E-state index < -0.39 is 35.5 Å². The van der Waals surface area contributed by atoms with Gasteiger partial charge in [-0.25, -0.2) is 19.3 Å². The van der Waals surface area contributed by atoms with E-state index >= 15 is 4.39 Å². The molecule has 112 heavy (non-hydrogen) atoms. The highest BCUT2D eigenvalue weighted by Gasteiger charge is 2.39. The lowest BCUT2D eigenvalue weighted by Gasteiger charge is -2.24. The summed E-state index contributed by atoms with van der Waals surface area (Å²) in [4.78, 5) is 50.2. The van der Waals surface area contributed by atoms with E-state index in [1.165, 1.54) is 31.2 Å². The predicted octanol–water partition coefficient (Wildman–Crippen LogP) is 16.0. The number of nitrogens with one attached hydrogen (secondary N) is 3. The summed E-state index contributed by atoms with van der Waals surface area (Å²) >= 11 is 0. The molecule has 10 heterocycles. The number of aromatic amines is 3. The van der Waals surface area contributed by atoms with Crippen LogP contribution in [0.3, 0.4) is 0 Å². The number of aliphatic hydroxyl groups excluding tert-OH is 1. The van der Waals surface area contributed by atoms with Crippen LogP contribution in [-0.2, 0) is 19.9 Å². The second-order valence-corrected chi connectivity index (χ2v) is 28.4. The minimum absolute atomic E-state index is 0.00868. The van der Waals surface area contributed by atoms with Gasteiger partial charge in [0.25, 0.3) is 5.78 Å². The van der Waals surface area contributed by atoms with Crippen molar-refractivity contribution in [3.8, 4) is 108 Å². The number of carbonyl (C=O) groups is 2. The standard InChI is InChI=1S/C31H31FN4O3.C29H28N4O4.C27H20F3N3O3/c32-27-20-34-31-26(30(27)22-5-8-29(23(17-22)19-33)39-25-9-14-37-15-10-25)18-28(35-31)21-3-6-24(7-4-21)38-16-13-36-11-1-2-12-36;1-29(2,36)21-6-3-18(4-7-21)25-14-24-23(9-11-31-28(24)32-25)19-5-8-26(20(13-19)15-30)37-22-10-12-33(16-22)27(35)17-34;28-27(29,30)25(34)17-3-1-16(2-4-17)23-14-22-21(7-10-32-26(22)33-23)18-5-6-24(19(13-18)15-31)36-20-8-11-35-12-9-20/h3-8,17-18,20,25H,1-2,9-16H2,(H,34,35);3-9,11,13-14,22,34,36H,10,12,16-17H2,1-2H3,(H,31,32);1-7,10,13-14,20H,8-9,11-12H2,(H,32,33)/t;22-;/m.1./s1. The summed E-state index contributed by atoms with van der Waals surface area (Å²) in [6, 6.07) is 53.3. The molecule has 6 aromatic carbocycles. The quantitative estimate of drug-likeness (QED) is 0.0371. The number of aromatic nitrogens is 6. The van der Waals surface area contributed by atoms with Gasteiger partial charge < -0.3 is 58.5 Å². The molecule has 1 atom stereocenters. The molecule has 0 saturated carbocycles. The number of nitriles is 3. The number of halogens is 4. The van der Waals surface area contributed by atoms with Crippen LogP contribution in [0.2, 0.25) is 0 Å². The average Bonchev–Trinajstić information content (AvgIpc) is 1.70. The molecular weight excluding hydrogens is 1440 g/mol. The van der Waals surface area contributed by atoms with Crippen LogP contribution in [0.1, 0.15) is 91.4 Å². The van der Waals surface area contributed by atoms with Gasteiger partial charge in [0.15, 0.2) is 0 Å². The summed E-state index contributed by atoms with van der Waals surface area (Å²) in [6.07, 6.45) is 5.76. The molecule has 25 heteroatoms. The Morgan fingerprint density at radius 1 is 0.554 bits per heavy atom. The lowest BCUT2D eigenvalue weighted by molar-refractivity contribution is -0.133. The third-order valence-corrected chi connectivity index (χ3v) is 20.4. The number of hydrogen-bond acceptors (Lipinski definition) is 17. The Morgan fingerprint density at radius 3 is 1.48 bits per heavy atom. The van der Waals surface area contributed by atoms with Gasteiger partial charge in [-0.15, -0.1) is 0 Å². The van der Waals surface area contributed by atoms with E-state index in [4.69, 9.17) is 33.5 Å². The number of H-pyrrole nitrogens is 3. The lowest BCUT2D eigenvalue weighted by atomic mass is 9.96. The van der Waals surface area contributed by atoms with Crippen LogP contribution in [0.25, 0.3) is 100 Å². The van der Waals surface area contributed by atoms with E-state index in [2.05, 4.69) is 53.0 Å². The topological polar surface area (TPSA) is 294 Å². The number of carbonyl (C=O) groups excluding carboxylic acids is 2. The number of alkyl halides is 3. The third kappa shape index (κ3) is 17.6. The van der Waals surface area contributed by atoms with Gasteiger partial charge in [-0.3, -0.25) is 14.5 Å². The van der Waals surface area contributed by atoms with Gasteiger partial charge >= 0.3 is 6.18 Å². The Kier molecular flexibility index (Phi) is 23.2. The predicted molar refractivity (Wildman–Crippen MR) is 413 cm³/mol. The van der Waals surface area contributed by atoms with Crippen molar-refractivity contribution in [2.45, 2.75) is 88.9 Å². The molecule has 0 unspecified atom stereocenters. The van der Waals surface area contributed by atoms with Crippen LogP contribution in [-0.4, -0.2) is 158 Å². The number of likely N-dealkylation sites (tertiary alicyclic amines) is 2. The van der Waals surface area contributed by atoms with Gasteiger partial charge in [-0.1, -0.05) is 66.7 Å². The molecule has 0 radical (unpaired) electrons. The molecule has 570 valence electrons. The molecule has 5 N–H and O–H groups in total. The molecule has 0 spiro atoms. The average molecular weight is 1510 g/mol. The number of pyridine rings is 3. The first-order valence-electron chi connectivity index (χ1n) is 37.1. The minimum atomic E-state index is -4.92. The van der Waals surface area contributed by atoms with Crippen LogP contribution >= 0.6 is 0 Å². The first-order valence-corrected chi connectivity index (χ1v) is 37.1. The van der Waals surface area contributed by atoms with Crippen molar-refractivity contribution in [3.05, 3.63) is 210 Å². The van der Waals surface area contributed by atoms with Crippen molar-refractivity contribution < 1.29 is 65.8 Å². The molecular formula is C87H79F4N11O10. The van der Waals surface area contributed by atoms with Gasteiger partial charge in [0.2, 0.25) is 5.91 Å². The Balaban J connectivity index is 0.000000140. The van der Waals surface area contributed by atoms with Gasteiger partial charge in [0.05, 0.1) is 61.5 Å². The molecule has 12 aromatic rings. The van der Waals surface area contributed by atoms with Gasteiger partial charge in [0, 0.05) is 102 Å². The van der Waals surface area contributed by atoms with Gasteiger partial charge in [0.1, 0.15) is 95.5 Å². The Morgan fingerprint density at radius 2 is 1.00 bits per heavy atom. The summed E-state index contributed by atoms with van der Waals surface area (Å²) in [6.45, 7) is 10.4. The normalized spacial score (nSPS) is 15.5. The Hall–Kier alpha value is -12.3. The zero-order valence-corrected chi connectivity index (χ0v) is 61.5. The summed E-state index contributed by atoms with van der Waals surface area (Å²) < 4.78 is 88.2. The highest BCUT2D eigenvalue weighted by molar-refractivity contribution is 6.02. The molecule has 4 aliphatic rings. The fourth-order valence-electron chi connectivity index (χ4n) is 14.3. The monoisotopic (exact) mass is 1510 g/mol. The fraction of sp³-hybridized carbons (Fsp3) is 0.287. The van der Waals surface area contributed by atoms with Crippen LogP contribution in [0.4, 0.5) is 17.6 Å². The van der Waals surface area contributed by atoms with Crippen LogP contribution in [0.5, 0.6) is 23.0 Å². The number of rotatable bonds is 19. The van der Waals surface area contributed by atoms with E-state index in [0.29, 0.717) is 126 Å². The summed E-state index contributed by atoms with van der Waals surface area (Å²) in [5, 5.41) is 51.0. The SMILES string of the molecule is CC(C)(O)c1ccc(-c2cc3c(-c4ccc(O[C@@H]5CCN(C(=O)CO)C5)c(C#N)c4)ccnc3[nH]2)cc1.N#Cc1cc(-c2c(F)cnc3[nH]c(-c4ccc(OCCN5CCCC5)cc4)cc23)ccc1OC1CCOCC1.N#Cc1cc(-c2ccnc3[nH]c(-c4ccc(C(=O)C(F)(F)F)cc4)cc23)ccc1OC1CCOCC1. The Labute approximate surface area is 642 Å². The van der Waals surface area contributed by atoms with E-state index in [1.807, 2.05) is 91.0 Å². The number of amides is 1. The zero-order valence-electron chi connectivity index (χ0n) is 61.5. The molecule has 0 aliphatic carbocycles. The minimum Gasteiger partial charge on any atom is -0.492 e. The maximum Gasteiger partial charge on any atom is 0.454 e. The van der Waals surface area contributed by atoms with Crippen LogP contribution in [0, 0.1) is 39.8 Å². The van der Waals surface area contributed by atoms with E-state index in [9.17, 15) is 43.7 Å². The number of hydrogen-bond donors (Lipinski definition) is 5. The van der Waals surface area contributed by atoms with Crippen molar-refractivity contribution in [2.75, 3.05) is 72.4 Å². The molecule has 4 aliphatic heterocycles. The Bertz CT molecular complexity index is 5520. The maximum absolute atomic E-state index is 15.2. The number of fused-ring (bicyclic) bond motifs is 3. The number of ether oxygens (including phenoxy) is 6.